The number of carbonyl (C=O) groups is 2. The molecule has 0 radical (unpaired) electrons. The molecule has 0 aliphatic heterocycles. The minimum Gasteiger partial charge on any atom is -0.478 e. The van der Waals surface area contributed by atoms with Gasteiger partial charge in [-0.3, -0.25) is 0 Å². The first-order valence-electron chi connectivity index (χ1n) is 11.4. The molecule has 0 spiro atoms. The SMILES string of the molecule is COC(=O)C1=CC=C(c2ccc(C)c(I)c2)C(C)(OC)C1.O=C(O)c1ccc(-c2ccccc2)cc1. The highest BCUT2D eigenvalue weighted by molar-refractivity contribution is 14.1. The quantitative estimate of drug-likeness (QED) is 0.255. The lowest BCUT2D eigenvalue weighted by Crippen LogP contribution is -2.33. The Hall–Kier alpha value is -3.23. The van der Waals surface area contributed by atoms with E-state index in [1.165, 1.54) is 16.2 Å². The Morgan fingerprint density at radius 3 is 2.06 bits per heavy atom. The van der Waals surface area contributed by atoms with E-state index in [2.05, 4.69) is 47.7 Å². The van der Waals surface area contributed by atoms with Crippen LogP contribution < -0.4 is 0 Å². The summed E-state index contributed by atoms with van der Waals surface area (Å²) in [5.74, 6) is -1.19. The average molecular weight is 596 g/mol. The Morgan fingerprint density at radius 1 is 0.889 bits per heavy atom. The molecule has 3 aromatic carbocycles. The summed E-state index contributed by atoms with van der Waals surface area (Å²) in [5, 5.41) is 8.75. The predicted molar refractivity (Wildman–Crippen MR) is 151 cm³/mol. The first kappa shape index (κ1) is 27.4. The van der Waals surface area contributed by atoms with Crippen molar-refractivity contribution in [2.75, 3.05) is 14.2 Å². The fourth-order valence-electron chi connectivity index (χ4n) is 3.93. The fraction of sp³-hybridized carbons (Fsp3) is 0.200. The van der Waals surface area contributed by atoms with Gasteiger partial charge in [-0.05, 0) is 82.5 Å². The summed E-state index contributed by atoms with van der Waals surface area (Å²) in [6.45, 7) is 4.09. The third kappa shape index (κ3) is 6.50. The van der Waals surface area contributed by atoms with Crippen molar-refractivity contribution in [3.05, 3.63) is 111 Å². The van der Waals surface area contributed by atoms with E-state index >= 15 is 0 Å². The highest BCUT2D eigenvalue weighted by Crippen LogP contribution is 2.39. The van der Waals surface area contributed by atoms with Crippen LogP contribution in [0.2, 0.25) is 0 Å². The molecule has 0 fully saturated rings. The average Bonchev–Trinajstić information content (AvgIpc) is 2.90. The highest BCUT2D eigenvalue weighted by atomic mass is 127. The number of hydrogen-bond donors (Lipinski definition) is 1. The molecule has 36 heavy (non-hydrogen) atoms. The summed E-state index contributed by atoms with van der Waals surface area (Å²) < 4.78 is 11.7. The fourth-order valence-corrected chi connectivity index (χ4v) is 4.44. The Kier molecular flexibility index (Phi) is 9.23. The molecule has 186 valence electrons. The number of carbonyl (C=O) groups excluding carboxylic acids is 1. The number of aryl methyl sites for hydroxylation is 1. The Bertz CT molecular complexity index is 1290. The van der Waals surface area contributed by atoms with Gasteiger partial charge in [0.15, 0.2) is 0 Å². The van der Waals surface area contributed by atoms with Crippen LogP contribution in [0.3, 0.4) is 0 Å². The normalized spacial score (nSPS) is 16.7. The Morgan fingerprint density at radius 2 is 1.50 bits per heavy atom. The van der Waals surface area contributed by atoms with Crippen molar-refractivity contribution in [1.82, 2.24) is 0 Å². The number of esters is 1. The van der Waals surface area contributed by atoms with Crippen LogP contribution in [0, 0.1) is 10.5 Å². The van der Waals surface area contributed by atoms with E-state index in [4.69, 9.17) is 14.6 Å². The van der Waals surface area contributed by atoms with Gasteiger partial charge in [-0.25, -0.2) is 9.59 Å². The number of methoxy groups -OCH3 is 2. The van der Waals surface area contributed by atoms with E-state index in [-0.39, 0.29) is 5.97 Å². The van der Waals surface area contributed by atoms with Crippen LogP contribution in [-0.2, 0) is 14.3 Å². The zero-order valence-corrected chi connectivity index (χ0v) is 22.9. The van der Waals surface area contributed by atoms with Crippen molar-refractivity contribution >= 4 is 40.1 Å². The number of aromatic carboxylic acids is 1. The minimum atomic E-state index is -0.894. The largest absolute Gasteiger partial charge is 0.478 e. The molecule has 1 unspecified atom stereocenters. The van der Waals surface area contributed by atoms with Crippen molar-refractivity contribution in [1.29, 1.82) is 0 Å². The lowest BCUT2D eigenvalue weighted by atomic mass is 9.80. The van der Waals surface area contributed by atoms with Crippen molar-refractivity contribution in [3.8, 4) is 11.1 Å². The van der Waals surface area contributed by atoms with E-state index in [1.54, 1.807) is 19.2 Å². The lowest BCUT2D eigenvalue weighted by Gasteiger charge is -2.34. The van der Waals surface area contributed by atoms with E-state index in [0.29, 0.717) is 17.6 Å². The van der Waals surface area contributed by atoms with E-state index in [0.717, 1.165) is 22.3 Å². The number of halogens is 1. The molecule has 6 heteroatoms. The molecular weight excluding hydrogens is 567 g/mol. The van der Waals surface area contributed by atoms with Crippen LogP contribution in [0.1, 0.15) is 34.8 Å². The number of hydrogen-bond acceptors (Lipinski definition) is 4. The van der Waals surface area contributed by atoms with Crippen LogP contribution in [-0.4, -0.2) is 36.9 Å². The standard InChI is InChI=1S/C17H19IO3.C13H10O2/c1-11-5-6-12(9-15(11)18)14-8-7-13(16(19)20-3)10-17(14,2)21-4;14-13(15)12-8-6-11(7-9-12)10-4-2-1-3-5-10/h5-9H,10H2,1-4H3;1-9H,(H,14,15). The van der Waals surface area contributed by atoms with Gasteiger partial charge in [-0.1, -0.05) is 66.7 Å². The smallest absolute Gasteiger partial charge is 0.335 e. The molecule has 4 rings (SSSR count). The Balaban J connectivity index is 0.000000212. The monoisotopic (exact) mass is 596 g/mol. The van der Waals surface area contributed by atoms with Crippen molar-refractivity contribution < 1.29 is 24.2 Å². The topological polar surface area (TPSA) is 72.8 Å². The van der Waals surface area contributed by atoms with Crippen LogP contribution in [0.15, 0.2) is 90.5 Å². The summed E-state index contributed by atoms with van der Waals surface area (Å²) in [5.41, 5.74) is 5.99. The number of carboxylic acids is 1. The molecule has 1 aliphatic rings. The second-order valence-corrected chi connectivity index (χ2v) is 9.75. The van der Waals surface area contributed by atoms with Gasteiger partial charge in [0.1, 0.15) is 0 Å². The van der Waals surface area contributed by atoms with Gasteiger partial charge in [-0.2, -0.15) is 0 Å². The predicted octanol–water partition coefficient (Wildman–Crippen LogP) is 6.94. The third-order valence-corrected chi connectivity index (χ3v) is 7.33. The number of ether oxygens (including phenoxy) is 2. The molecule has 0 aromatic heterocycles. The van der Waals surface area contributed by atoms with Gasteiger partial charge < -0.3 is 14.6 Å². The van der Waals surface area contributed by atoms with Crippen molar-refractivity contribution in [3.63, 3.8) is 0 Å². The molecule has 0 amide bonds. The van der Waals surface area contributed by atoms with Crippen molar-refractivity contribution in [2.24, 2.45) is 0 Å². The van der Waals surface area contributed by atoms with Gasteiger partial charge in [0.05, 0.1) is 18.3 Å². The summed E-state index contributed by atoms with van der Waals surface area (Å²) >= 11 is 2.33. The number of benzene rings is 3. The van der Waals surface area contributed by atoms with Gasteiger partial charge in [0.2, 0.25) is 0 Å². The Labute approximate surface area is 225 Å². The second-order valence-electron chi connectivity index (χ2n) is 8.59. The van der Waals surface area contributed by atoms with Gasteiger partial charge >= 0.3 is 11.9 Å². The molecule has 5 nitrogen and oxygen atoms in total. The maximum absolute atomic E-state index is 11.7. The first-order chi connectivity index (χ1) is 17.2. The maximum atomic E-state index is 11.7. The lowest BCUT2D eigenvalue weighted by molar-refractivity contribution is -0.136. The molecule has 1 N–H and O–H groups in total. The maximum Gasteiger partial charge on any atom is 0.335 e. The van der Waals surface area contributed by atoms with Crippen molar-refractivity contribution in [2.45, 2.75) is 25.9 Å². The summed E-state index contributed by atoms with van der Waals surface area (Å²) in [6, 6.07) is 23.1. The molecule has 1 aliphatic carbocycles. The van der Waals surface area contributed by atoms with E-state index in [1.807, 2.05) is 61.5 Å². The zero-order valence-electron chi connectivity index (χ0n) is 20.7. The molecule has 0 saturated carbocycles. The van der Waals surface area contributed by atoms with E-state index in [9.17, 15) is 9.59 Å². The molecule has 0 saturated heterocycles. The summed E-state index contributed by atoms with van der Waals surface area (Å²) in [6.07, 6.45) is 4.29. The molecular formula is C30H29IO5. The van der Waals surface area contributed by atoms with Gasteiger partial charge in [0, 0.05) is 22.7 Å². The van der Waals surface area contributed by atoms with E-state index < -0.39 is 11.6 Å². The number of carboxylic acid groups (broad SMARTS) is 1. The summed E-state index contributed by atoms with van der Waals surface area (Å²) in [4.78, 5) is 22.4. The van der Waals surface area contributed by atoms with Crippen LogP contribution in [0.4, 0.5) is 0 Å². The molecule has 3 aromatic rings. The van der Waals surface area contributed by atoms with Crippen LogP contribution in [0.25, 0.3) is 16.7 Å². The van der Waals surface area contributed by atoms with Gasteiger partial charge in [-0.15, -0.1) is 0 Å². The molecule has 1 atom stereocenters. The summed E-state index contributed by atoms with van der Waals surface area (Å²) in [7, 11) is 3.07. The third-order valence-electron chi connectivity index (χ3n) is 6.17. The number of rotatable bonds is 5. The van der Waals surface area contributed by atoms with Crippen LogP contribution >= 0.6 is 22.6 Å². The number of allylic oxidation sites excluding steroid dienone is 2. The molecule has 0 bridgehead atoms. The minimum absolute atomic E-state index is 0.299. The zero-order chi connectivity index (χ0) is 26.3. The molecule has 0 heterocycles. The first-order valence-corrected chi connectivity index (χ1v) is 12.5. The van der Waals surface area contributed by atoms with Crippen LogP contribution in [0.5, 0.6) is 0 Å². The second kappa shape index (κ2) is 12.1. The highest BCUT2D eigenvalue weighted by Gasteiger charge is 2.35. The van der Waals surface area contributed by atoms with Gasteiger partial charge in [0.25, 0.3) is 0 Å².